The van der Waals surface area contributed by atoms with E-state index in [1.54, 1.807) is 0 Å². The number of rotatable bonds is 4. The quantitative estimate of drug-likeness (QED) is 0.665. The van der Waals surface area contributed by atoms with E-state index in [2.05, 4.69) is 44.7 Å². The minimum absolute atomic E-state index is 0.0218. The molecular formula is C22H28N4O4. The van der Waals surface area contributed by atoms with Crippen LogP contribution < -0.4 is 5.32 Å². The molecule has 0 spiro atoms. The molecule has 1 aromatic heterocycles. The topological polar surface area (TPSA) is 108 Å². The molecule has 30 heavy (non-hydrogen) atoms. The number of amides is 1. The summed E-state index contributed by atoms with van der Waals surface area (Å²) in [6.07, 6.45) is 3.35. The number of carbonyl (C=O) groups is 2. The zero-order valence-corrected chi connectivity index (χ0v) is 17.1. The summed E-state index contributed by atoms with van der Waals surface area (Å²) in [4.78, 5) is 23.7. The molecule has 1 amide bonds. The van der Waals surface area contributed by atoms with Crippen LogP contribution in [0.15, 0.2) is 30.3 Å². The maximum atomic E-state index is 12.9. The fraction of sp³-hybridized carbons (Fsp3) is 0.500. The second kappa shape index (κ2) is 8.97. The van der Waals surface area contributed by atoms with Crippen molar-refractivity contribution in [2.24, 2.45) is 0 Å². The smallest absolute Gasteiger partial charge is 0.290 e. The number of carboxylic acid groups (broad SMARTS) is 1. The van der Waals surface area contributed by atoms with Crippen LogP contribution in [0.5, 0.6) is 0 Å². The van der Waals surface area contributed by atoms with E-state index in [0.717, 1.165) is 55.9 Å². The normalized spacial score (nSPS) is 25.7. The Labute approximate surface area is 175 Å². The highest BCUT2D eigenvalue weighted by molar-refractivity contribution is 5.96. The Morgan fingerprint density at radius 1 is 1.30 bits per heavy atom. The van der Waals surface area contributed by atoms with Gasteiger partial charge in [0.25, 0.3) is 12.4 Å². The van der Waals surface area contributed by atoms with Crippen molar-refractivity contribution >= 4 is 12.4 Å². The maximum absolute atomic E-state index is 12.9. The van der Waals surface area contributed by atoms with Gasteiger partial charge in [0.1, 0.15) is 0 Å². The lowest BCUT2D eigenvalue weighted by molar-refractivity contribution is -0.122. The molecule has 1 aliphatic carbocycles. The van der Waals surface area contributed by atoms with Crippen LogP contribution in [0.2, 0.25) is 0 Å². The fourth-order valence-corrected chi connectivity index (χ4v) is 4.49. The molecule has 0 unspecified atom stereocenters. The average Bonchev–Trinajstić information content (AvgIpc) is 3.40. The SMILES string of the molecule is Cc1[nH]nc(C2CC2)c1C(=O)N[C@H]1C[C@H]2CO[C@@H](c3ccccc3)CN2C1.O=CO. The molecule has 0 bridgehead atoms. The highest BCUT2D eigenvalue weighted by Gasteiger charge is 2.39. The van der Waals surface area contributed by atoms with E-state index in [1.807, 2.05) is 13.0 Å². The Morgan fingerprint density at radius 3 is 2.73 bits per heavy atom. The van der Waals surface area contributed by atoms with Crippen LogP contribution in [0.1, 0.15) is 58.6 Å². The van der Waals surface area contributed by atoms with Crippen LogP contribution in [-0.2, 0) is 9.53 Å². The number of hydrogen-bond donors (Lipinski definition) is 3. The molecule has 160 valence electrons. The van der Waals surface area contributed by atoms with Crippen molar-refractivity contribution in [1.82, 2.24) is 20.4 Å². The summed E-state index contributed by atoms with van der Waals surface area (Å²) in [5.74, 6) is 0.485. The van der Waals surface area contributed by atoms with Crippen LogP contribution in [-0.4, -0.2) is 64.4 Å². The third kappa shape index (κ3) is 4.39. The molecule has 3 N–H and O–H groups in total. The summed E-state index contributed by atoms with van der Waals surface area (Å²) in [5, 5.41) is 17.5. The molecule has 1 saturated carbocycles. The first-order valence-corrected chi connectivity index (χ1v) is 10.4. The summed E-state index contributed by atoms with van der Waals surface area (Å²) >= 11 is 0. The zero-order chi connectivity index (χ0) is 21.1. The molecule has 2 aliphatic heterocycles. The summed E-state index contributed by atoms with van der Waals surface area (Å²) in [7, 11) is 0. The van der Waals surface area contributed by atoms with Gasteiger partial charge in [0.05, 0.1) is 24.0 Å². The lowest BCUT2D eigenvalue weighted by Gasteiger charge is -2.35. The van der Waals surface area contributed by atoms with E-state index < -0.39 is 0 Å². The Hall–Kier alpha value is -2.71. The maximum Gasteiger partial charge on any atom is 0.290 e. The van der Waals surface area contributed by atoms with Crippen molar-refractivity contribution in [2.45, 2.75) is 50.3 Å². The fourth-order valence-electron chi connectivity index (χ4n) is 4.49. The number of H-pyrrole nitrogens is 1. The molecule has 3 aliphatic rings. The summed E-state index contributed by atoms with van der Waals surface area (Å²) in [5.41, 5.74) is 3.82. The minimum atomic E-state index is -0.250. The largest absolute Gasteiger partial charge is 0.483 e. The molecular weight excluding hydrogens is 384 g/mol. The van der Waals surface area contributed by atoms with E-state index in [1.165, 1.54) is 5.56 Å². The highest BCUT2D eigenvalue weighted by atomic mass is 16.5. The van der Waals surface area contributed by atoms with Gasteiger partial charge in [-0.3, -0.25) is 19.6 Å². The molecule has 8 heteroatoms. The van der Waals surface area contributed by atoms with E-state index in [4.69, 9.17) is 14.6 Å². The lowest BCUT2D eigenvalue weighted by Crippen LogP contribution is -2.43. The van der Waals surface area contributed by atoms with Crippen molar-refractivity contribution in [2.75, 3.05) is 19.7 Å². The predicted octanol–water partition coefficient (Wildman–Crippen LogP) is 2.24. The first-order valence-electron chi connectivity index (χ1n) is 10.4. The number of aryl methyl sites for hydroxylation is 1. The lowest BCUT2D eigenvalue weighted by atomic mass is 10.1. The van der Waals surface area contributed by atoms with Gasteiger partial charge in [-0.05, 0) is 31.7 Å². The molecule has 1 aromatic carbocycles. The van der Waals surface area contributed by atoms with Gasteiger partial charge in [-0.2, -0.15) is 5.10 Å². The van der Waals surface area contributed by atoms with Gasteiger partial charge in [-0.1, -0.05) is 30.3 Å². The van der Waals surface area contributed by atoms with Crippen LogP contribution in [0.3, 0.4) is 0 Å². The van der Waals surface area contributed by atoms with Gasteiger partial charge in [0.15, 0.2) is 0 Å². The first kappa shape index (κ1) is 20.6. The number of ether oxygens (including phenoxy) is 1. The van der Waals surface area contributed by atoms with Crippen LogP contribution >= 0.6 is 0 Å². The third-order valence-electron chi connectivity index (χ3n) is 6.09. The number of hydrogen-bond acceptors (Lipinski definition) is 5. The van der Waals surface area contributed by atoms with Crippen molar-refractivity contribution in [3.05, 3.63) is 52.8 Å². The van der Waals surface area contributed by atoms with Gasteiger partial charge >= 0.3 is 0 Å². The monoisotopic (exact) mass is 412 g/mol. The third-order valence-corrected chi connectivity index (χ3v) is 6.09. The van der Waals surface area contributed by atoms with Crippen LogP contribution in [0.4, 0.5) is 0 Å². The molecule has 2 saturated heterocycles. The van der Waals surface area contributed by atoms with Crippen molar-refractivity contribution in [3.8, 4) is 0 Å². The van der Waals surface area contributed by atoms with Gasteiger partial charge in [-0.15, -0.1) is 0 Å². The second-order valence-corrected chi connectivity index (χ2v) is 8.24. The first-order chi connectivity index (χ1) is 14.6. The minimum Gasteiger partial charge on any atom is -0.483 e. The standard InChI is InChI=1S/C21H26N4O2.CH2O2/c1-13-19(20(24-23-13)15-7-8-15)21(26)22-16-9-17-12-27-18(11-25(17)10-16)14-5-3-2-4-6-14;2-1-3/h2-6,15-18H,7-12H2,1H3,(H,22,26)(H,23,24);1H,(H,2,3)/t16-,17-,18+;/m0./s1. The summed E-state index contributed by atoms with van der Waals surface area (Å²) in [6.45, 7) is 4.19. The Kier molecular flexibility index (Phi) is 6.15. The Balaban J connectivity index is 0.000000687. The molecule has 3 heterocycles. The number of fused-ring (bicyclic) bond motifs is 1. The van der Waals surface area contributed by atoms with Crippen molar-refractivity contribution in [3.63, 3.8) is 0 Å². The summed E-state index contributed by atoms with van der Waals surface area (Å²) < 4.78 is 6.11. The van der Waals surface area contributed by atoms with Crippen LogP contribution in [0, 0.1) is 6.92 Å². The molecule has 3 fully saturated rings. The van der Waals surface area contributed by atoms with Gasteiger partial charge in [0, 0.05) is 36.8 Å². The Bertz CT molecular complexity index is 881. The molecule has 0 radical (unpaired) electrons. The highest BCUT2D eigenvalue weighted by Crippen LogP contribution is 2.41. The number of aromatic amines is 1. The molecule has 2 aromatic rings. The number of morpholine rings is 1. The second-order valence-electron chi connectivity index (χ2n) is 8.24. The zero-order valence-electron chi connectivity index (χ0n) is 17.1. The molecule has 8 nitrogen and oxygen atoms in total. The molecule has 5 rings (SSSR count). The van der Waals surface area contributed by atoms with E-state index in [9.17, 15) is 4.79 Å². The average molecular weight is 412 g/mol. The van der Waals surface area contributed by atoms with Gasteiger partial charge in [-0.25, -0.2) is 0 Å². The van der Waals surface area contributed by atoms with Crippen molar-refractivity contribution < 1.29 is 19.4 Å². The van der Waals surface area contributed by atoms with Crippen molar-refractivity contribution in [1.29, 1.82) is 0 Å². The van der Waals surface area contributed by atoms with Gasteiger partial charge < -0.3 is 15.2 Å². The summed E-state index contributed by atoms with van der Waals surface area (Å²) in [6, 6.07) is 11.0. The number of aromatic nitrogens is 2. The van der Waals surface area contributed by atoms with Crippen LogP contribution in [0.25, 0.3) is 0 Å². The van der Waals surface area contributed by atoms with E-state index >= 15 is 0 Å². The number of nitrogens with zero attached hydrogens (tertiary/aromatic N) is 2. The predicted molar refractivity (Wildman–Crippen MR) is 110 cm³/mol. The number of nitrogens with one attached hydrogen (secondary N) is 2. The number of benzene rings is 1. The van der Waals surface area contributed by atoms with Gasteiger partial charge in [0.2, 0.25) is 0 Å². The van der Waals surface area contributed by atoms with E-state index in [0.29, 0.717) is 12.0 Å². The molecule has 3 atom stereocenters. The van der Waals surface area contributed by atoms with E-state index in [-0.39, 0.29) is 24.5 Å². The number of carbonyl (C=O) groups excluding carboxylic acids is 1. The Morgan fingerprint density at radius 2 is 2.03 bits per heavy atom.